The van der Waals surface area contributed by atoms with Gasteiger partial charge in [-0.2, -0.15) is 0 Å². The lowest BCUT2D eigenvalue weighted by molar-refractivity contribution is -0.385. The molecule has 3 rings (SSSR count). The fraction of sp³-hybridized carbons (Fsp3) is 0.143. The average Bonchev–Trinajstić information content (AvgIpc) is 2.85. The molecule has 0 aliphatic rings. The molecule has 0 aromatic heterocycles. The molecule has 3 aromatic rings. The Morgan fingerprint density at radius 1 is 0.943 bits per heavy atom. The molecule has 35 heavy (non-hydrogen) atoms. The normalized spacial score (nSPS) is 11.1. The van der Waals surface area contributed by atoms with Crippen LogP contribution in [0.2, 0.25) is 0 Å². The van der Waals surface area contributed by atoms with Crippen molar-refractivity contribution in [1.82, 2.24) is 0 Å². The first-order chi connectivity index (χ1) is 16.8. The monoisotopic (exact) mass is 471 g/mol. The maximum Gasteiger partial charge on any atom is 0.338 e. The topological polar surface area (TPSA) is 95.7 Å². The predicted octanol–water partition coefficient (Wildman–Crippen LogP) is 5.93. The summed E-state index contributed by atoms with van der Waals surface area (Å²) >= 11 is 0. The number of methoxy groups -OCH3 is 1. The molecule has 0 saturated heterocycles. The van der Waals surface area contributed by atoms with E-state index in [9.17, 15) is 19.7 Å². The Hall–Kier alpha value is -4.52. The van der Waals surface area contributed by atoms with Crippen LogP contribution in [0.15, 0.2) is 66.7 Å². The van der Waals surface area contributed by atoms with Crippen LogP contribution in [0.5, 0.6) is 0 Å². The second-order valence-corrected chi connectivity index (χ2v) is 7.85. The molecule has 0 fully saturated rings. The molecule has 0 atom stereocenters. The Kier molecular flexibility index (Phi) is 8.29. The van der Waals surface area contributed by atoms with Crippen molar-refractivity contribution in [1.29, 1.82) is 0 Å². The largest absolute Gasteiger partial charge is 0.466 e. The Morgan fingerprint density at radius 2 is 1.63 bits per heavy atom. The van der Waals surface area contributed by atoms with Crippen LogP contribution in [-0.4, -0.2) is 24.0 Å². The number of hydrogen-bond acceptors (Lipinski definition) is 6. The number of hydrogen-bond donors (Lipinski definition) is 0. The van der Waals surface area contributed by atoms with Crippen molar-refractivity contribution in [2.75, 3.05) is 7.11 Å². The fourth-order valence-corrected chi connectivity index (χ4v) is 3.55. The van der Waals surface area contributed by atoms with E-state index in [1.165, 1.54) is 31.4 Å². The summed E-state index contributed by atoms with van der Waals surface area (Å²) in [6.45, 7) is 3.92. The summed E-state index contributed by atoms with van der Waals surface area (Å²) in [7, 11) is 1.32. The second-order valence-electron chi connectivity index (χ2n) is 7.85. The molecule has 0 amide bonds. The number of ether oxygens (including phenoxy) is 2. The van der Waals surface area contributed by atoms with E-state index in [1.807, 2.05) is 56.3 Å². The van der Waals surface area contributed by atoms with Crippen molar-refractivity contribution in [3.8, 4) is 0 Å². The lowest BCUT2D eigenvalue weighted by atomic mass is 9.97. The first kappa shape index (κ1) is 25.1. The van der Waals surface area contributed by atoms with Crippen molar-refractivity contribution >= 4 is 35.9 Å². The molecule has 0 unspecified atom stereocenters. The molecule has 0 bridgehead atoms. The van der Waals surface area contributed by atoms with E-state index in [0.29, 0.717) is 5.56 Å². The highest BCUT2D eigenvalue weighted by Crippen LogP contribution is 2.26. The molecule has 0 aliphatic carbocycles. The minimum atomic E-state index is -0.630. The average molecular weight is 472 g/mol. The predicted molar refractivity (Wildman–Crippen MR) is 135 cm³/mol. The standard InChI is InChI=1S/C28H25NO6/c1-19-15-22(9-14-27(30)34-3)16-20(2)25(19)13-12-23-10-11-24(17-26(23)29(32)33)28(31)35-18-21-7-5-4-6-8-21/h4-17H,18H2,1-3H3/b13-12?,14-9+. The lowest BCUT2D eigenvalue weighted by Crippen LogP contribution is -2.06. The molecule has 0 saturated carbocycles. The molecule has 0 radical (unpaired) electrons. The van der Waals surface area contributed by atoms with E-state index in [-0.39, 0.29) is 17.9 Å². The van der Waals surface area contributed by atoms with Crippen LogP contribution in [0, 0.1) is 24.0 Å². The van der Waals surface area contributed by atoms with Gasteiger partial charge in [-0.05, 0) is 65.9 Å². The van der Waals surface area contributed by atoms with Gasteiger partial charge < -0.3 is 9.47 Å². The van der Waals surface area contributed by atoms with Gasteiger partial charge in [0.2, 0.25) is 0 Å². The zero-order valence-corrected chi connectivity index (χ0v) is 19.7. The lowest BCUT2D eigenvalue weighted by Gasteiger charge is -2.08. The minimum absolute atomic E-state index is 0.0818. The Bertz CT molecular complexity index is 1290. The highest BCUT2D eigenvalue weighted by Gasteiger charge is 2.17. The second kappa shape index (κ2) is 11.6. The maximum absolute atomic E-state index is 12.4. The number of esters is 2. The molecule has 3 aromatic carbocycles. The number of nitro benzene ring substituents is 1. The Morgan fingerprint density at radius 3 is 2.26 bits per heavy atom. The zero-order valence-electron chi connectivity index (χ0n) is 19.7. The molecular formula is C28H25NO6. The molecule has 0 aliphatic heterocycles. The van der Waals surface area contributed by atoms with Gasteiger partial charge in [0, 0.05) is 12.1 Å². The number of carbonyl (C=O) groups excluding carboxylic acids is 2. The minimum Gasteiger partial charge on any atom is -0.466 e. The fourth-order valence-electron chi connectivity index (χ4n) is 3.55. The SMILES string of the molecule is COC(=O)/C=C/c1cc(C)c(C=Cc2ccc(C(=O)OCc3ccccc3)cc2[N+](=O)[O-])c(C)c1. The van der Waals surface area contributed by atoms with Crippen LogP contribution < -0.4 is 0 Å². The number of nitro groups is 1. The summed E-state index contributed by atoms with van der Waals surface area (Å²) in [5.74, 6) is -1.07. The molecule has 0 spiro atoms. The summed E-state index contributed by atoms with van der Waals surface area (Å²) in [5, 5.41) is 11.7. The van der Waals surface area contributed by atoms with Crippen LogP contribution >= 0.6 is 0 Å². The number of carbonyl (C=O) groups is 2. The third-order valence-electron chi connectivity index (χ3n) is 5.33. The van der Waals surface area contributed by atoms with Crippen molar-refractivity contribution in [3.63, 3.8) is 0 Å². The zero-order chi connectivity index (χ0) is 25.4. The highest BCUT2D eigenvalue weighted by molar-refractivity contribution is 5.91. The third-order valence-corrected chi connectivity index (χ3v) is 5.33. The van der Waals surface area contributed by atoms with E-state index in [2.05, 4.69) is 4.74 Å². The Balaban J connectivity index is 1.81. The van der Waals surface area contributed by atoms with E-state index >= 15 is 0 Å². The summed E-state index contributed by atoms with van der Waals surface area (Å²) in [4.78, 5) is 34.9. The van der Waals surface area contributed by atoms with E-state index < -0.39 is 16.9 Å². The van der Waals surface area contributed by atoms with Gasteiger partial charge >= 0.3 is 11.9 Å². The maximum atomic E-state index is 12.4. The quantitative estimate of drug-likeness (QED) is 0.133. The van der Waals surface area contributed by atoms with Crippen LogP contribution in [0.4, 0.5) is 5.69 Å². The van der Waals surface area contributed by atoms with Gasteiger partial charge in [0.15, 0.2) is 0 Å². The molecular weight excluding hydrogens is 446 g/mol. The van der Waals surface area contributed by atoms with Gasteiger partial charge in [-0.25, -0.2) is 9.59 Å². The summed E-state index contributed by atoms with van der Waals surface area (Å²) in [6.07, 6.45) is 6.46. The van der Waals surface area contributed by atoms with Gasteiger partial charge in [0.05, 0.1) is 23.2 Å². The molecule has 7 heteroatoms. The van der Waals surface area contributed by atoms with Crippen LogP contribution in [0.25, 0.3) is 18.2 Å². The molecule has 7 nitrogen and oxygen atoms in total. The first-order valence-electron chi connectivity index (χ1n) is 10.8. The molecule has 0 heterocycles. The van der Waals surface area contributed by atoms with Gasteiger partial charge in [0.1, 0.15) is 6.61 Å². The van der Waals surface area contributed by atoms with Gasteiger partial charge in [-0.3, -0.25) is 10.1 Å². The van der Waals surface area contributed by atoms with Crippen molar-refractivity contribution in [2.24, 2.45) is 0 Å². The highest BCUT2D eigenvalue weighted by atomic mass is 16.6. The van der Waals surface area contributed by atoms with Crippen LogP contribution in [-0.2, 0) is 20.9 Å². The summed E-state index contributed by atoms with van der Waals surface area (Å²) < 4.78 is 9.90. The number of aryl methyl sites for hydroxylation is 2. The van der Waals surface area contributed by atoms with E-state index in [4.69, 9.17) is 4.74 Å². The van der Waals surface area contributed by atoms with Gasteiger partial charge in [0.25, 0.3) is 5.69 Å². The van der Waals surface area contributed by atoms with Crippen molar-refractivity contribution < 1.29 is 24.0 Å². The van der Waals surface area contributed by atoms with Crippen molar-refractivity contribution in [3.05, 3.63) is 116 Å². The van der Waals surface area contributed by atoms with E-state index in [1.54, 1.807) is 18.2 Å². The third kappa shape index (κ3) is 6.74. The smallest absolute Gasteiger partial charge is 0.338 e. The molecule has 178 valence electrons. The van der Waals surface area contributed by atoms with Crippen LogP contribution in [0.3, 0.4) is 0 Å². The number of benzene rings is 3. The summed E-state index contributed by atoms with van der Waals surface area (Å²) in [6, 6.07) is 17.3. The number of rotatable bonds is 8. The number of nitrogens with zero attached hydrogens (tertiary/aromatic N) is 1. The first-order valence-corrected chi connectivity index (χ1v) is 10.8. The summed E-state index contributed by atoms with van der Waals surface area (Å²) in [5.41, 5.74) is 4.73. The van der Waals surface area contributed by atoms with E-state index in [0.717, 1.165) is 27.8 Å². The van der Waals surface area contributed by atoms with Crippen molar-refractivity contribution in [2.45, 2.75) is 20.5 Å². The van der Waals surface area contributed by atoms with Crippen LogP contribution in [0.1, 0.15) is 43.7 Å². The van der Waals surface area contributed by atoms with Gasteiger partial charge in [-0.1, -0.05) is 48.5 Å². The molecule has 0 N–H and O–H groups in total. The van der Waals surface area contributed by atoms with Gasteiger partial charge in [-0.15, -0.1) is 0 Å². The Labute approximate surface area is 203 Å².